The van der Waals surface area contributed by atoms with E-state index in [4.69, 9.17) is 0 Å². The molecule has 1 aromatic heterocycles. The molecule has 8 nitrogen and oxygen atoms in total. The summed E-state index contributed by atoms with van der Waals surface area (Å²) in [7, 11) is -3.70. The summed E-state index contributed by atoms with van der Waals surface area (Å²) in [5.41, 5.74) is 0.764. The van der Waals surface area contributed by atoms with E-state index in [1.807, 2.05) is 4.57 Å². The van der Waals surface area contributed by atoms with Crippen molar-refractivity contribution in [3.8, 4) is 11.4 Å². The monoisotopic (exact) mass is 469 g/mol. The van der Waals surface area contributed by atoms with Crippen LogP contribution in [0, 0.1) is 5.82 Å². The number of carbonyl (C=O) groups is 1. The van der Waals surface area contributed by atoms with Gasteiger partial charge >= 0.3 is 0 Å². The molecule has 10 heteroatoms. The van der Waals surface area contributed by atoms with Gasteiger partial charge in [0.05, 0.1) is 10.6 Å². The van der Waals surface area contributed by atoms with Gasteiger partial charge in [0.1, 0.15) is 11.6 Å². The van der Waals surface area contributed by atoms with Crippen LogP contribution in [0.5, 0.6) is 0 Å². The fourth-order valence-electron chi connectivity index (χ4n) is 3.95. The normalized spacial score (nSPS) is 16.2. The van der Waals surface area contributed by atoms with Gasteiger partial charge in [-0.3, -0.25) is 4.79 Å². The third-order valence-electron chi connectivity index (χ3n) is 5.89. The Hall–Kier alpha value is -3.11. The number of nitrogens with one attached hydrogen (secondary N) is 2. The number of hydrogen-bond donors (Lipinski definition) is 2. The second-order valence-corrected chi connectivity index (χ2v) is 10.2. The maximum absolute atomic E-state index is 14.5. The molecule has 33 heavy (non-hydrogen) atoms. The van der Waals surface area contributed by atoms with E-state index in [2.05, 4.69) is 20.2 Å². The summed E-state index contributed by atoms with van der Waals surface area (Å²) in [6.07, 6.45) is 5.69. The maximum Gasteiger partial charge on any atom is 0.255 e. The Labute approximate surface area is 191 Å². The van der Waals surface area contributed by atoms with Crippen LogP contribution in [0.2, 0.25) is 0 Å². The van der Waals surface area contributed by atoms with Crippen molar-refractivity contribution in [2.45, 2.75) is 56.0 Å². The molecule has 2 aliphatic rings. The first-order valence-electron chi connectivity index (χ1n) is 11.1. The molecule has 0 unspecified atom stereocenters. The van der Waals surface area contributed by atoms with Gasteiger partial charge in [-0.2, -0.15) is 0 Å². The summed E-state index contributed by atoms with van der Waals surface area (Å²) in [4.78, 5) is 12.8. The molecule has 0 spiro atoms. The zero-order valence-corrected chi connectivity index (χ0v) is 18.7. The lowest BCUT2D eigenvalue weighted by Gasteiger charge is -2.11. The van der Waals surface area contributed by atoms with Gasteiger partial charge in [-0.15, -0.1) is 10.2 Å². The van der Waals surface area contributed by atoms with Crippen molar-refractivity contribution in [2.75, 3.05) is 5.32 Å². The summed E-state index contributed by atoms with van der Waals surface area (Å²) in [5, 5.41) is 11.1. The van der Waals surface area contributed by atoms with Crippen molar-refractivity contribution < 1.29 is 17.6 Å². The second-order valence-electron chi connectivity index (χ2n) is 8.47. The van der Waals surface area contributed by atoms with Crippen molar-refractivity contribution >= 4 is 21.6 Å². The zero-order chi connectivity index (χ0) is 23.0. The molecule has 2 heterocycles. The van der Waals surface area contributed by atoms with Gasteiger partial charge in [0.2, 0.25) is 10.0 Å². The van der Waals surface area contributed by atoms with Gasteiger partial charge in [-0.25, -0.2) is 17.5 Å². The highest BCUT2D eigenvalue weighted by molar-refractivity contribution is 7.89. The number of anilines is 1. The van der Waals surface area contributed by atoms with E-state index in [0.717, 1.165) is 50.9 Å². The van der Waals surface area contributed by atoms with Gasteiger partial charge in [0.15, 0.2) is 5.82 Å². The van der Waals surface area contributed by atoms with E-state index in [1.54, 1.807) is 6.07 Å². The van der Waals surface area contributed by atoms with Crippen LogP contribution >= 0.6 is 0 Å². The Morgan fingerprint density at radius 1 is 1.06 bits per heavy atom. The van der Waals surface area contributed by atoms with Crippen LogP contribution in [0.15, 0.2) is 47.4 Å². The number of carbonyl (C=O) groups excluding carboxylic acids is 1. The molecule has 2 aromatic carbocycles. The summed E-state index contributed by atoms with van der Waals surface area (Å²) >= 11 is 0. The number of aromatic nitrogens is 3. The zero-order valence-electron chi connectivity index (χ0n) is 17.9. The lowest BCUT2D eigenvalue weighted by Crippen LogP contribution is -2.26. The minimum absolute atomic E-state index is 0.00225. The fourth-order valence-corrected chi connectivity index (χ4v) is 5.30. The summed E-state index contributed by atoms with van der Waals surface area (Å²) in [6, 6.07) is 10.1. The lowest BCUT2D eigenvalue weighted by molar-refractivity contribution is 0.102. The minimum Gasteiger partial charge on any atom is -0.319 e. The number of amides is 1. The van der Waals surface area contributed by atoms with Crippen molar-refractivity contribution in [1.29, 1.82) is 0 Å². The summed E-state index contributed by atoms with van der Waals surface area (Å²) in [6.45, 7) is 0.799. The minimum atomic E-state index is -3.70. The van der Waals surface area contributed by atoms with E-state index < -0.39 is 21.7 Å². The average molecular weight is 470 g/mol. The van der Waals surface area contributed by atoms with Gasteiger partial charge < -0.3 is 9.88 Å². The number of sulfonamides is 1. The van der Waals surface area contributed by atoms with Crippen molar-refractivity contribution in [3.63, 3.8) is 0 Å². The molecule has 1 aliphatic carbocycles. The lowest BCUT2D eigenvalue weighted by atomic mass is 10.1. The molecule has 172 valence electrons. The van der Waals surface area contributed by atoms with E-state index >= 15 is 0 Å². The maximum atomic E-state index is 14.5. The highest BCUT2D eigenvalue weighted by Crippen LogP contribution is 2.27. The molecule has 1 fully saturated rings. The summed E-state index contributed by atoms with van der Waals surface area (Å²) < 4.78 is 44.1. The first kappa shape index (κ1) is 21.7. The van der Waals surface area contributed by atoms with Crippen LogP contribution < -0.4 is 10.0 Å². The van der Waals surface area contributed by atoms with Crippen LogP contribution in [0.1, 0.15) is 48.3 Å². The molecular formula is C23H24FN5O3S. The highest BCUT2D eigenvalue weighted by Gasteiger charge is 2.28. The second kappa shape index (κ2) is 8.68. The largest absolute Gasteiger partial charge is 0.319 e. The van der Waals surface area contributed by atoms with Crippen LogP contribution in [-0.2, 0) is 23.0 Å². The highest BCUT2D eigenvalue weighted by atomic mass is 32.2. The molecule has 3 aromatic rings. The van der Waals surface area contributed by atoms with E-state index in [-0.39, 0.29) is 22.2 Å². The van der Waals surface area contributed by atoms with Crippen LogP contribution in [0.25, 0.3) is 11.4 Å². The standard InChI is InChI=1S/C23H24FN5O3S/c24-19-11-8-15(22-27-26-21-7-2-1-3-12-29(21)22)14-20(19)25-23(30)16-5-4-6-18(13-16)33(31,32)28-17-9-10-17/h4-6,8,11,13-14,17,28H,1-3,7,9-10,12H2,(H,25,30). The number of aryl methyl sites for hydroxylation is 1. The molecule has 1 aliphatic heterocycles. The molecule has 5 rings (SSSR count). The molecule has 2 N–H and O–H groups in total. The van der Waals surface area contributed by atoms with Crippen molar-refractivity contribution in [2.24, 2.45) is 0 Å². The third kappa shape index (κ3) is 4.67. The number of halogens is 1. The average Bonchev–Trinajstić information content (AvgIpc) is 3.57. The molecule has 0 radical (unpaired) electrons. The smallest absolute Gasteiger partial charge is 0.255 e. The SMILES string of the molecule is O=C(Nc1cc(-c2nnc3n2CCCCC3)ccc1F)c1cccc(S(=O)(=O)NC2CC2)c1. The Morgan fingerprint density at radius 2 is 1.91 bits per heavy atom. The van der Waals surface area contributed by atoms with E-state index in [9.17, 15) is 17.6 Å². The van der Waals surface area contributed by atoms with E-state index in [0.29, 0.717) is 11.4 Å². The number of rotatable bonds is 6. The Kier molecular flexibility index (Phi) is 5.71. The Bertz CT molecular complexity index is 1320. The molecule has 0 saturated heterocycles. The third-order valence-corrected chi connectivity index (χ3v) is 7.41. The van der Waals surface area contributed by atoms with Crippen LogP contribution in [-0.4, -0.2) is 35.1 Å². The predicted molar refractivity (Wildman–Crippen MR) is 121 cm³/mol. The van der Waals surface area contributed by atoms with Gasteiger partial charge in [0.25, 0.3) is 5.91 Å². The van der Waals surface area contributed by atoms with E-state index in [1.165, 1.54) is 36.4 Å². The first-order chi connectivity index (χ1) is 15.9. The molecular weight excluding hydrogens is 445 g/mol. The van der Waals surface area contributed by atoms with Crippen molar-refractivity contribution in [3.05, 3.63) is 59.7 Å². The molecule has 0 bridgehead atoms. The van der Waals surface area contributed by atoms with Gasteiger partial charge in [-0.1, -0.05) is 12.5 Å². The number of hydrogen-bond acceptors (Lipinski definition) is 5. The van der Waals surface area contributed by atoms with Crippen LogP contribution in [0.4, 0.5) is 10.1 Å². The summed E-state index contributed by atoms with van der Waals surface area (Å²) in [5.74, 6) is 0.355. The molecule has 0 atom stereocenters. The van der Waals surface area contributed by atoms with Crippen LogP contribution in [0.3, 0.4) is 0 Å². The van der Waals surface area contributed by atoms with Gasteiger partial charge in [0, 0.05) is 30.1 Å². The van der Waals surface area contributed by atoms with Crippen molar-refractivity contribution in [1.82, 2.24) is 19.5 Å². The number of fused-ring (bicyclic) bond motifs is 1. The topological polar surface area (TPSA) is 106 Å². The molecule has 1 saturated carbocycles. The predicted octanol–water partition coefficient (Wildman–Crippen LogP) is 3.50. The number of benzene rings is 2. The Morgan fingerprint density at radius 3 is 2.73 bits per heavy atom. The Balaban J connectivity index is 1.39. The molecule has 1 amide bonds. The van der Waals surface area contributed by atoms with Gasteiger partial charge in [-0.05, 0) is 62.1 Å². The quantitative estimate of drug-likeness (QED) is 0.575. The fraction of sp³-hybridized carbons (Fsp3) is 0.348. The number of nitrogens with zero attached hydrogens (tertiary/aromatic N) is 3. The first-order valence-corrected chi connectivity index (χ1v) is 12.5.